The minimum absolute atomic E-state index is 0.874. The average molecular weight is 252 g/mol. The molecule has 0 saturated heterocycles. The summed E-state index contributed by atoms with van der Waals surface area (Å²) in [6.45, 7) is 2.94. The average Bonchev–Trinajstić information content (AvgIpc) is 2.61. The molecule has 2 aromatic heterocycles. The molecule has 2 rings (SSSR count). The van der Waals surface area contributed by atoms with E-state index in [9.17, 15) is 0 Å². The molecule has 14 heavy (non-hydrogen) atoms. The van der Waals surface area contributed by atoms with E-state index in [0.717, 1.165) is 22.3 Å². The maximum absolute atomic E-state index is 4.43. The highest BCUT2D eigenvalue weighted by molar-refractivity contribution is 9.10. The molecule has 0 aliphatic rings. The van der Waals surface area contributed by atoms with Gasteiger partial charge in [-0.15, -0.1) is 0 Å². The van der Waals surface area contributed by atoms with Crippen LogP contribution < -0.4 is 0 Å². The Morgan fingerprint density at radius 3 is 2.93 bits per heavy atom. The van der Waals surface area contributed by atoms with Crippen molar-refractivity contribution in [2.75, 3.05) is 0 Å². The molecule has 0 aliphatic carbocycles. The SMILES string of the molecule is CCn1cc(Br)c(-c2cccnc2)n1. The van der Waals surface area contributed by atoms with Gasteiger partial charge in [0.1, 0.15) is 5.69 Å². The first-order chi connectivity index (χ1) is 6.81. The van der Waals surface area contributed by atoms with Gasteiger partial charge in [-0.3, -0.25) is 9.67 Å². The standard InChI is InChI=1S/C10H10BrN3/c1-2-14-7-9(11)10(13-14)8-4-3-5-12-6-8/h3-7H,2H2,1H3. The predicted octanol–water partition coefficient (Wildman–Crippen LogP) is 2.73. The summed E-state index contributed by atoms with van der Waals surface area (Å²) in [6.07, 6.45) is 5.55. The summed E-state index contributed by atoms with van der Waals surface area (Å²) >= 11 is 3.48. The zero-order valence-electron chi connectivity index (χ0n) is 7.81. The number of aromatic nitrogens is 3. The van der Waals surface area contributed by atoms with Crippen LogP contribution in [0.3, 0.4) is 0 Å². The Hall–Kier alpha value is -1.16. The van der Waals surface area contributed by atoms with E-state index in [0.29, 0.717) is 0 Å². The van der Waals surface area contributed by atoms with E-state index in [1.807, 2.05) is 29.2 Å². The van der Waals surface area contributed by atoms with Gasteiger partial charge in [0.15, 0.2) is 0 Å². The fourth-order valence-electron chi connectivity index (χ4n) is 1.26. The highest BCUT2D eigenvalue weighted by Crippen LogP contribution is 2.25. The second-order valence-electron chi connectivity index (χ2n) is 2.92. The summed E-state index contributed by atoms with van der Waals surface area (Å²) in [7, 11) is 0. The number of rotatable bonds is 2. The Morgan fingerprint density at radius 2 is 2.36 bits per heavy atom. The van der Waals surface area contributed by atoms with E-state index < -0.39 is 0 Å². The fourth-order valence-corrected chi connectivity index (χ4v) is 1.80. The minimum atomic E-state index is 0.874. The molecule has 3 nitrogen and oxygen atoms in total. The van der Waals surface area contributed by atoms with Crippen molar-refractivity contribution in [3.05, 3.63) is 35.2 Å². The topological polar surface area (TPSA) is 30.7 Å². The lowest BCUT2D eigenvalue weighted by atomic mass is 10.2. The molecule has 0 aliphatic heterocycles. The van der Waals surface area contributed by atoms with E-state index in [1.54, 1.807) is 6.20 Å². The molecule has 0 aromatic carbocycles. The van der Waals surface area contributed by atoms with Gasteiger partial charge in [0, 0.05) is 30.7 Å². The number of pyridine rings is 1. The van der Waals surface area contributed by atoms with Gasteiger partial charge in [0.05, 0.1) is 4.47 Å². The van der Waals surface area contributed by atoms with Crippen molar-refractivity contribution < 1.29 is 0 Å². The molecule has 0 saturated carbocycles. The third-order valence-electron chi connectivity index (χ3n) is 1.98. The van der Waals surface area contributed by atoms with Gasteiger partial charge in [-0.1, -0.05) is 0 Å². The van der Waals surface area contributed by atoms with Crippen molar-refractivity contribution in [1.82, 2.24) is 14.8 Å². The second-order valence-corrected chi connectivity index (χ2v) is 3.78. The van der Waals surface area contributed by atoms with Gasteiger partial charge in [0.25, 0.3) is 0 Å². The van der Waals surface area contributed by atoms with Gasteiger partial charge < -0.3 is 0 Å². The van der Waals surface area contributed by atoms with Crippen molar-refractivity contribution in [2.45, 2.75) is 13.5 Å². The van der Waals surface area contributed by atoms with Crippen molar-refractivity contribution in [3.8, 4) is 11.3 Å². The third kappa shape index (κ3) is 1.70. The zero-order chi connectivity index (χ0) is 9.97. The van der Waals surface area contributed by atoms with Crippen LogP contribution in [0.25, 0.3) is 11.3 Å². The quantitative estimate of drug-likeness (QED) is 0.822. The maximum atomic E-state index is 4.43. The Labute approximate surface area is 90.9 Å². The summed E-state index contributed by atoms with van der Waals surface area (Å²) < 4.78 is 2.90. The molecule has 0 radical (unpaired) electrons. The normalized spacial score (nSPS) is 10.4. The lowest BCUT2D eigenvalue weighted by molar-refractivity contribution is 0.662. The molecule has 2 aromatic rings. The number of aryl methyl sites for hydroxylation is 1. The molecule has 2 heterocycles. The monoisotopic (exact) mass is 251 g/mol. The van der Waals surface area contributed by atoms with Gasteiger partial charge in [-0.25, -0.2) is 0 Å². The smallest absolute Gasteiger partial charge is 0.108 e. The molecule has 0 amide bonds. The zero-order valence-corrected chi connectivity index (χ0v) is 9.40. The van der Waals surface area contributed by atoms with Gasteiger partial charge >= 0.3 is 0 Å². The molecule has 72 valence electrons. The Balaban J connectivity index is 2.46. The third-order valence-corrected chi connectivity index (χ3v) is 2.56. The van der Waals surface area contributed by atoms with E-state index >= 15 is 0 Å². The van der Waals surface area contributed by atoms with Gasteiger partial charge in [-0.2, -0.15) is 5.10 Å². The highest BCUT2D eigenvalue weighted by Gasteiger charge is 2.07. The van der Waals surface area contributed by atoms with Crippen LogP contribution in [-0.2, 0) is 6.54 Å². The van der Waals surface area contributed by atoms with Crippen LogP contribution in [0.1, 0.15) is 6.92 Å². The highest BCUT2D eigenvalue weighted by atomic mass is 79.9. The largest absolute Gasteiger partial charge is 0.271 e. The number of nitrogens with zero attached hydrogens (tertiary/aromatic N) is 3. The Morgan fingerprint density at radius 1 is 1.50 bits per heavy atom. The Kier molecular flexibility index (Phi) is 2.63. The minimum Gasteiger partial charge on any atom is -0.271 e. The lowest BCUT2D eigenvalue weighted by Crippen LogP contribution is -1.93. The summed E-state index contributed by atoms with van der Waals surface area (Å²) in [5, 5.41) is 4.43. The first kappa shape index (κ1) is 9.40. The van der Waals surface area contributed by atoms with Gasteiger partial charge in [0.2, 0.25) is 0 Å². The Bertz CT molecular complexity index is 422. The van der Waals surface area contributed by atoms with Crippen molar-refractivity contribution in [3.63, 3.8) is 0 Å². The van der Waals surface area contributed by atoms with Crippen molar-refractivity contribution in [1.29, 1.82) is 0 Å². The van der Waals surface area contributed by atoms with E-state index in [4.69, 9.17) is 0 Å². The van der Waals surface area contributed by atoms with Crippen LogP contribution in [0.5, 0.6) is 0 Å². The van der Waals surface area contributed by atoms with E-state index in [2.05, 4.69) is 32.9 Å². The van der Waals surface area contributed by atoms with Gasteiger partial charge in [-0.05, 0) is 35.0 Å². The molecular weight excluding hydrogens is 242 g/mol. The molecule has 0 spiro atoms. The van der Waals surface area contributed by atoms with Crippen LogP contribution in [-0.4, -0.2) is 14.8 Å². The molecule has 0 N–H and O–H groups in total. The van der Waals surface area contributed by atoms with Crippen LogP contribution in [0.4, 0.5) is 0 Å². The molecule has 0 bridgehead atoms. The van der Waals surface area contributed by atoms with Crippen LogP contribution in [0.15, 0.2) is 35.2 Å². The van der Waals surface area contributed by atoms with E-state index in [1.165, 1.54) is 0 Å². The second kappa shape index (κ2) is 3.92. The molecule has 0 unspecified atom stereocenters. The summed E-state index contributed by atoms with van der Waals surface area (Å²) in [5.74, 6) is 0. The van der Waals surface area contributed by atoms with Crippen LogP contribution in [0.2, 0.25) is 0 Å². The number of halogens is 1. The first-order valence-corrected chi connectivity index (χ1v) is 5.24. The summed E-state index contributed by atoms with van der Waals surface area (Å²) in [4.78, 5) is 4.07. The lowest BCUT2D eigenvalue weighted by Gasteiger charge is -1.95. The van der Waals surface area contributed by atoms with Crippen molar-refractivity contribution in [2.24, 2.45) is 0 Å². The number of hydrogen-bond donors (Lipinski definition) is 0. The maximum Gasteiger partial charge on any atom is 0.108 e. The predicted molar refractivity (Wildman–Crippen MR) is 58.8 cm³/mol. The number of hydrogen-bond acceptors (Lipinski definition) is 2. The van der Waals surface area contributed by atoms with Crippen molar-refractivity contribution >= 4 is 15.9 Å². The summed E-state index contributed by atoms with van der Waals surface area (Å²) in [6, 6.07) is 3.91. The molecule has 0 atom stereocenters. The van der Waals surface area contributed by atoms with Crippen LogP contribution in [0, 0.1) is 0 Å². The first-order valence-electron chi connectivity index (χ1n) is 4.44. The molecule has 0 fully saturated rings. The molecular formula is C10H10BrN3. The van der Waals surface area contributed by atoms with E-state index in [-0.39, 0.29) is 0 Å². The van der Waals surface area contributed by atoms with Crippen LogP contribution >= 0.6 is 15.9 Å². The molecule has 4 heteroatoms. The summed E-state index contributed by atoms with van der Waals surface area (Å²) in [5.41, 5.74) is 1.98. The fraction of sp³-hybridized carbons (Fsp3) is 0.200.